The topological polar surface area (TPSA) is 81.3 Å². The molecule has 0 radical (unpaired) electrons. The van der Waals surface area contributed by atoms with Crippen molar-refractivity contribution in [3.8, 4) is 5.88 Å². The van der Waals surface area contributed by atoms with E-state index < -0.39 is 0 Å². The first-order valence-electron chi connectivity index (χ1n) is 9.59. The van der Waals surface area contributed by atoms with Crippen LogP contribution in [0.4, 0.5) is 5.13 Å². The Kier molecular flexibility index (Phi) is 5.05. The quantitative estimate of drug-likeness (QED) is 0.624. The van der Waals surface area contributed by atoms with E-state index in [1.54, 1.807) is 24.4 Å². The predicted octanol–water partition coefficient (Wildman–Crippen LogP) is 4.43. The third-order valence-corrected chi connectivity index (χ3v) is 7.21. The number of piperidine rings is 1. The number of thiazole rings is 1. The first-order valence-corrected chi connectivity index (χ1v) is 11.2. The lowest BCUT2D eigenvalue weighted by Gasteiger charge is -2.46. The number of pyridine rings is 1. The molecule has 6 nitrogen and oxygen atoms in total. The van der Waals surface area contributed by atoms with E-state index in [2.05, 4.69) is 9.97 Å². The van der Waals surface area contributed by atoms with Crippen LogP contribution in [0, 0.1) is 0 Å². The molecule has 1 aliphatic carbocycles. The van der Waals surface area contributed by atoms with Crippen LogP contribution in [0.1, 0.15) is 33.3 Å². The second-order valence-corrected chi connectivity index (χ2v) is 9.37. The molecule has 0 unspecified atom stereocenters. The van der Waals surface area contributed by atoms with Gasteiger partial charge in [0, 0.05) is 35.5 Å². The molecule has 154 valence electrons. The van der Waals surface area contributed by atoms with Crippen LogP contribution >= 0.6 is 34.5 Å². The van der Waals surface area contributed by atoms with Crippen LogP contribution in [0.25, 0.3) is 0 Å². The van der Waals surface area contributed by atoms with Gasteiger partial charge >= 0.3 is 0 Å². The number of rotatable bonds is 3. The van der Waals surface area contributed by atoms with Crippen LogP contribution < -0.4 is 10.5 Å². The average Bonchev–Trinajstić information content (AvgIpc) is 3.10. The van der Waals surface area contributed by atoms with Crippen molar-refractivity contribution >= 4 is 45.6 Å². The van der Waals surface area contributed by atoms with Gasteiger partial charge in [-0.1, -0.05) is 35.3 Å². The lowest BCUT2D eigenvalue weighted by molar-refractivity contribution is 0.0194. The van der Waals surface area contributed by atoms with Gasteiger partial charge in [0.25, 0.3) is 5.91 Å². The first-order chi connectivity index (χ1) is 14.5. The van der Waals surface area contributed by atoms with Crippen molar-refractivity contribution in [1.29, 1.82) is 0 Å². The Hall–Kier alpha value is -2.35. The Labute approximate surface area is 187 Å². The van der Waals surface area contributed by atoms with Gasteiger partial charge in [-0.05, 0) is 24.6 Å². The second-order valence-electron chi connectivity index (χ2n) is 7.44. The number of hydrogen-bond donors (Lipinski definition) is 1. The maximum Gasteiger partial charge on any atom is 0.257 e. The molecule has 1 aromatic carbocycles. The van der Waals surface area contributed by atoms with E-state index in [1.807, 2.05) is 23.1 Å². The van der Waals surface area contributed by atoms with E-state index >= 15 is 0 Å². The molecule has 3 aromatic rings. The summed E-state index contributed by atoms with van der Waals surface area (Å²) in [6.07, 6.45) is 2.83. The monoisotopic (exact) mass is 460 g/mol. The standard InChI is InChI=1S/C21H18Cl2N4O2S/c22-13-4-3-5-14(23)18(13)20(28)27-10-15(29-17-6-1-2-7-25-17)12-8-11(27)9-16-19(12)26-21(24)30-16/h1-7,11-12,15H,8-10H2,(H2,24,26)/t11-,12+,15+/m1/s1. The number of carbonyl (C=O) groups excluding carboxylic acids is 1. The summed E-state index contributed by atoms with van der Waals surface area (Å²) in [6, 6.07) is 10.6. The number of benzene rings is 1. The highest BCUT2D eigenvalue weighted by molar-refractivity contribution is 7.15. The minimum atomic E-state index is -0.304. The van der Waals surface area contributed by atoms with E-state index in [9.17, 15) is 4.79 Å². The summed E-state index contributed by atoms with van der Waals surface area (Å²) in [7, 11) is 0. The molecule has 3 atom stereocenters. The number of ether oxygens (including phenoxy) is 1. The van der Waals surface area contributed by atoms with Crippen LogP contribution in [-0.2, 0) is 6.42 Å². The molecule has 0 spiro atoms. The molecular weight excluding hydrogens is 443 g/mol. The number of aromatic nitrogens is 2. The molecule has 2 aliphatic rings. The molecule has 2 N–H and O–H groups in total. The smallest absolute Gasteiger partial charge is 0.257 e. The van der Waals surface area contributed by atoms with Gasteiger partial charge in [-0.2, -0.15) is 0 Å². The number of anilines is 1. The average molecular weight is 461 g/mol. The Morgan fingerprint density at radius 2 is 2.00 bits per heavy atom. The fourth-order valence-electron chi connectivity index (χ4n) is 4.34. The summed E-state index contributed by atoms with van der Waals surface area (Å²) in [5.41, 5.74) is 7.31. The van der Waals surface area contributed by atoms with E-state index in [0.29, 0.717) is 39.6 Å². The second kappa shape index (κ2) is 7.72. The van der Waals surface area contributed by atoms with Crippen LogP contribution in [0.5, 0.6) is 5.88 Å². The van der Waals surface area contributed by atoms with E-state index in [0.717, 1.165) is 17.0 Å². The summed E-state index contributed by atoms with van der Waals surface area (Å²) in [5.74, 6) is 0.365. The van der Waals surface area contributed by atoms with Gasteiger partial charge in [0.15, 0.2) is 5.13 Å². The number of hydrogen-bond acceptors (Lipinski definition) is 6. The number of nitrogen functional groups attached to an aromatic ring is 1. The number of nitrogens with zero attached hydrogens (tertiary/aromatic N) is 3. The predicted molar refractivity (Wildman–Crippen MR) is 118 cm³/mol. The summed E-state index contributed by atoms with van der Waals surface area (Å²) < 4.78 is 6.24. The Balaban J connectivity index is 1.53. The molecule has 9 heteroatoms. The maximum atomic E-state index is 13.5. The highest BCUT2D eigenvalue weighted by Crippen LogP contribution is 2.44. The molecular formula is C21H18Cl2N4O2S. The van der Waals surface area contributed by atoms with Gasteiger partial charge in [0.2, 0.25) is 5.88 Å². The lowest BCUT2D eigenvalue weighted by Crippen LogP contribution is -2.56. The number of nitrogens with two attached hydrogens (primary N) is 1. The summed E-state index contributed by atoms with van der Waals surface area (Å²) in [5, 5.41) is 1.22. The van der Waals surface area contributed by atoms with Gasteiger partial charge in [0.1, 0.15) is 6.10 Å². The molecule has 1 saturated heterocycles. The van der Waals surface area contributed by atoms with Crippen molar-refractivity contribution in [2.45, 2.75) is 30.9 Å². The van der Waals surface area contributed by atoms with Crippen LogP contribution in [0.3, 0.4) is 0 Å². The molecule has 5 rings (SSSR count). The number of amides is 1. The van der Waals surface area contributed by atoms with Gasteiger partial charge in [-0.15, -0.1) is 11.3 Å². The summed E-state index contributed by atoms with van der Waals surface area (Å²) in [4.78, 5) is 25.3. The molecule has 3 heterocycles. The van der Waals surface area contributed by atoms with Crippen molar-refractivity contribution in [3.63, 3.8) is 0 Å². The van der Waals surface area contributed by atoms with Crippen molar-refractivity contribution < 1.29 is 9.53 Å². The van der Waals surface area contributed by atoms with Gasteiger partial charge < -0.3 is 15.4 Å². The van der Waals surface area contributed by atoms with E-state index in [1.165, 1.54) is 11.3 Å². The lowest BCUT2D eigenvalue weighted by atomic mass is 9.79. The zero-order valence-corrected chi connectivity index (χ0v) is 18.1. The van der Waals surface area contributed by atoms with Crippen LogP contribution in [-0.4, -0.2) is 39.5 Å². The minimum absolute atomic E-state index is 0.00534. The van der Waals surface area contributed by atoms with Gasteiger partial charge in [-0.3, -0.25) is 4.79 Å². The third kappa shape index (κ3) is 3.41. The normalized spacial score (nSPS) is 22.5. The number of likely N-dealkylation sites (tertiary alicyclic amines) is 1. The number of halogens is 2. The molecule has 1 amide bonds. The van der Waals surface area contributed by atoms with Crippen molar-refractivity contribution in [2.24, 2.45) is 0 Å². The molecule has 0 saturated carbocycles. The summed E-state index contributed by atoms with van der Waals surface area (Å²) >= 11 is 14.1. The Morgan fingerprint density at radius 3 is 2.73 bits per heavy atom. The van der Waals surface area contributed by atoms with E-state index in [-0.39, 0.29) is 24.0 Å². The van der Waals surface area contributed by atoms with Gasteiger partial charge in [-0.25, -0.2) is 9.97 Å². The van der Waals surface area contributed by atoms with E-state index in [4.69, 9.17) is 33.7 Å². The molecule has 2 aromatic heterocycles. The maximum absolute atomic E-state index is 13.5. The van der Waals surface area contributed by atoms with Gasteiger partial charge in [0.05, 0.1) is 27.8 Å². The fraction of sp³-hybridized carbons (Fsp3) is 0.286. The number of carbonyl (C=O) groups is 1. The molecule has 2 bridgehead atoms. The third-order valence-electron chi connectivity index (χ3n) is 5.66. The fourth-order valence-corrected chi connectivity index (χ4v) is 5.87. The zero-order chi connectivity index (χ0) is 20.8. The van der Waals surface area contributed by atoms with Crippen molar-refractivity contribution in [2.75, 3.05) is 12.3 Å². The molecule has 1 fully saturated rings. The number of fused-ring (bicyclic) bond motifs is 4. The van der Waals surface area contributed by atoms with Crippen molar-refractivity contribution in [1.82, 2.24) is 14.9 Å². The highest BCUT2D eigenvalue weighted by Gasteiger charge is 2.46. The molecule has 30 heavy (non-hydrogen) atoms. The van der Waals surface area contributed by atoms with Crippen LogP contribution in [0.15, 0.2) is 42.6 Å². The minimum Gasteiger partial charge on any atom is -0.472 e. The largest absolute Gasteiger partial charge is 0.472 e. The van der Waals surface area contributed by atoms with Crippen LogP contribution in [0.2, 0.25) is 10.0 Å². The zero-order valence-electron chi connectivity index (χ0n) is 15.8. The highest BCUT2D eigenvalue weighted by atomic mass is 35.5. The SMILES string of the molecule is Nc1nc2c(s1)C[C@H]1C[C@H]2[C@@H](Oc2ccccn2)CN1C(=O)c1c(Cl)cccc1Cl. The Morgan fingerprint density at radius 1 is 1.20 bits per heavy atom. The summed E-state index contributed by atoms with van der Waals surface area (Å²) in [6.45, 7) is 0.392. The first kappa shape index (κ1) is 19.6. The van der Waals surface area contributed by atoms with Crippen molar-refractivity contribution in [3.05, 3.63) is 68.8 Å². The Bertz CT molecular complexity index is 1090. The molecule has 1 aliphatic heterocycles.